The van der Waals surface area contributed by atoms with Crippen LogP contribution in [0, 0.1) is 13.8 Å². The summed E-state index contributed by atoms with van der Waals surface area (Å²) >= 11 is 2.27. The SMILES string of the molecule is C[Si](C)=[Ti+2].Cc1cc2cc(-c3ccccc3)ccc2[cH-]1.Cc1cc2cc(-c3ccccc3)ccc2[cH-]1.Cl.Cl. The number of aryl methyl sites for hydroxylation is 2. The maximum atomic E-state index is 2.27. The third-order valence-electron chi connectivity index (χ3n) is 5.92. The van der Waals surface area contributed by atoms with Gasteiger partial charge in [-0.3, -0.25) is 0 Å². The van der Waals surface area contributed by atoms with Crippen molar-refractivity contribution in [2.24, 2.45) is 0 Å². The Labute approximate surface area is 251 Å². The van der Waals surface area contributed by atoms with Gasteiger partial charge in [-0.25, -0.2) is 0 Å². The van der Waals surface area contributed by atoms with E-state index in [4.69, 9.17) is 0 Å². The van der Waals surface area contributed by atoms with E-state index in [0.29, 0.717) is 0 Å². The number of fused-ring (bicyclic) bond motifs is 2. The van der Waals surface area contributed by atoms with E-state index in [2.05, 4.69) is 167 Å². The topological polar surface area (TPSA) is 0 Å². The van der Waals surface area contributed by atoms with Crippen molar-refractivity contribution in [1.29, 1.82) is 0 Å². The predicted molar refractivity (Wildman–Crippen MR) is 171 cm³/mol. The maximum absolute atomic E-state index is 2.27. The zero-order chi connectivity index (χ0) is 25.5. The molecule has 0 bridgehead atoms. The van der Waals surface area contributed by atoms with Crippen LogP contribution in [0.15, 0.2) is 121 Å². The van der Waals surface area contributed by atoms with Crippen molar-refractivity contribution in [2.75, 3.05) is 0 Å². The molecule has 0 radical (unpaired) electrons. The molecule has 0 saturated carbocycles. The zero-order valence-corrected chi connectivity index (χ0v) is 26.6. The van der Waals surface area contributed by atoms with Gasteiger partial charge in [0, 0.05) is 0 Å². The molecule has 0 aliphatic rings. The third kappa shape index (κ3) is 8.83. The number of hydrogen-bond acceptors (Lipinski definition) is 0. The monoisotopic (exact) mass is 588 g/mol. The van der Waals surface area contributed by atoms with E-state index in [-0.39, 0.29) is 31.0 Å². The van der Waals surface area contributed by atoms with Crippen LogP contribution in [0.2, 0.25) is 13.1 Å². The summed E-state index contributed by atoms with van der Waals surface area (Å²) in [6, 6.07) is 43.2. The molecule has 0 N–H and O–H groups in total. The van der Waals surface area contributed by atoms with Crippen molar-refractivity contribution in [3.63, 3.8) is 0 Å². The van der Waals surface area contributed by atoms with Gasteiger partial charge in [-0.2, -0.15) is 12.1 Å². The summed E-state index contributed by atoms with van der Waals surface area (Å²) in [5.74, 6) is 0. The molecule has 0 nitrogen and oxygen atoms in total. The molecule has 0 saturated heterocycles. The van der Waals surface area contributed by atoms with Crippen molar-refractivity contribution < 1.29 is 19.2 Å². The first-order valence-electron chi connectivity index (χ1n) is 12.4. The summed E-state index contributed by atoms with van der Waals surface area (Å²) in [6.07, 6.45) is 0.120. The minimum Gasteiger partial charge on any atom is -0.165 e. The van der Waals surface area contributed by atoms with Crippen molar-refractivity contribution in [1.82, 2.24) is 0 Å². The fourth-order valence-corrected chi connectivity index (χ4v) is 4.35. The van der Waals surface area contributed by atoms with E-state index in [1.165, 1.54) is 54.9 Å². The second-order valence-electron chi connectivity index (χ2n) is 9.48. The van der Waals surface area contributed by atoms with Gasteiger partial charge in [0.1, 0.15) is 0 Å². The van der Waals surface area contributed by atoms with Crippen molar-refractivity contribution in [3.8, 4) is 22.3 Å². The molecule has 0 amide bonds. The molecule has 0 atom stereocenters. The average molecular weight is 590 g/mol. The van der Waals surface area contributed by atoms with Gasteiger partial charge in [0.25, 0.3) is 0 Å². The Kier molecular flexibility index (Phi) is 12.8. The van der Waals surface area contributed by atoms with Gasteiger partial charge in [-0.1, -0.05) is 98.8 Å². The minimum atomic E-state index is 0. The van der Waals surface area contributed by atoms with Crippen LogP contribution >= 0.6 is 24.8 Å². The van der Waals surface area contributed by atoms with Crippen molar-refractivity contribution >= 4 is 52.5 Å². The number of halogens is 2. The van der Waals surface area contributed by atoms with Crippen LogP contribution in [-0.2, 0) is 19.2 Å². The molecular weight excluding hydrogens is 555 g/mol. The second-order valence-corrected chi connectivity index (χ2v) is 16.2. The summed E-state index contributed by atoms with van der Waals surface area (Å²) in [4.78, 5) is 0. The molecule has 0 spiro atoms. The molecule has 0 aliphatic carbocycles. The van der Waals surface area contributed by atoms with Crippen LogP contribution < -0.4 is 0 Å². The first kappa shape index (κ1) is 31.8. The maximum Gasteiger partial charge on any atom is -0.0200 e. The van der Waals surface area contributed by atoms with Crippen LogP contribution in [0.3, 0.4) is 0 Å². The number of hydrogen-bond donors (Lipinski definition) is 0. The summed E-state index contributed by atoms with van der Waals surface area (Å²) in [5.41, 5.74) is 7.81. The van der Waals surface area contributed by atoms with Crippen molar-refractivity contribution in [3.05, 3.63) is 132 Å². The average Bonchev–Trinajstić information content (AvgIpc) is 3.44. The molecule has 4 heteroatoms. The van der Waals surface area contributed by atoms with E-state index in [1.807, 2.05) is 0 Å². The summed E-state index contributed by atoms with van der Waals surface area (Å²) < 4.78 is 0. The molecule has 192 valence electrons. The summed E-state index contributed by atoms with van der Waals surface area (Å²) in [7, 11) is 0. The smallest absolute Gasteiger partial charge is 0.0200 e. The molecule has 0 unspecified atom stereocenters. The standard InChI is InChI=1S/2C16H13.C2H6Si.2ClH.Ti/c2*1-12-9-14-7-8-15(11-16(14)10-12)13-5-3-2-4-6-13;1-3-2;;;/h2*2-11H,1H3;1-2H3;2*1H;/q2*-1;;;;+2. The molecule has 6 aromatic rings. The quantitative estimate of drug-likeness (QED) is 0.139. The molecule has 6 rings (SSSR count). The molecule has 38 heavy (non-hydrogen) atoms. The number of benzene rings is 4. The van der Waals surface area contributed by atoms with E-state index in [1.54, 1.807) is 0 Å². The zero-order valence-electron chi connectivity index (χ0n) is 22.4. The van der Waals surface area contributed by atoms with Gasteiger partial charge < -0.3 is 0 Å². The molecule has 0 fully saturated rings. The minimum absolute atomic E-state index is 0. The Hall–Kier alpha value is -2.39. The van der Waals surface area contributed by atoms with Gasteiger partial charge in [0.15, 0.2) is 0 Å². The third-order valence-corrected chi connectivity index (χ3v) is 5.92. The van der Waals surface area contributed by atoms with Crippen LogP contribution in [0.25, 0.3) is 43.8 Å². The molecule has 0 aromatic heterocycles. The van der Waals surface area contributed by atoms with Crippen LogP contribution in [-0.4, -0.2) is 6.19 Å². The summed E-state index contributed by atoms with van der Waals surface area (Å²) in [5, 5.41) is 5.33. The number of rotatable bonds is 2. The van der Waals surface area contributed by atoms with E-state index >= 15 is 0 Å². The Balaban J connectivity index is 0.000000224. The Morgan fingerprint density at radius 3 is 1.18 bits per heavy atom. The largest absolute Gasteiger partial charge is 0.165 e. The molecule has 6 aromatic carbocycles. The van der Waals surface area contributed by atoms with Crippen molar-refractivity contribution in [2.45, 2.75) is 26.9 Å². The fourth-order valence-electron chi connectivity index (χ4n) is 4.35. The fraction of sp³-hybridized carbons (Fsp3) is 0.118. The Morgan fingerprint density at radius 1 is 0.500 bits per heavy atom. The van der Waals surface area contributed by atoms with E-state index in [9.17, 15) is 0 Å². The van der Waals surface area contributed by atoms with E-state index < -0.39 is 0 Å². The Morgan fingerprint density at radius 2 is 0.842 bits per heavy atom. The van der Waals surface area contributed by atoms with Gasteiger partial charge in [0.2, 0.25) is 0 Å². The van der Waals surface area contributed by atoms with Gasteiger partial charge in [0.05, 0.1) is 0 Å². The van der Waals surface area contributed by atoms with E-state index in [0.717, 1.165) is 0 Å². The molecule has 0 heterocycles. The van der Waals surface area contributed by atoms with Gasteiger partial charge in [-0.05, 0) is 22.3 Å². The van der Waals surface area contributed by atoms with Crippen LogP contribution in [0.1, 0.15) is 11.1 Å². The summed E-state index contributed by atoms with van der Waals surface area (Å²) in [6.45, 7) is 8.82. The van der Waals surface area contributed by atoms with Gasteiger partial charge in [-0.15, -0.1) is 81.8 Å². The normalized spacial score (nSPS) is 9.84. The Bertz CT molecular complexity index is 1460. The molecule has 0 aliphatic heterocycles. The first-order chi connectivity index (χ1) is 17.4. The first-order valence-corrected chi connectivity index (χ1v) is 17.2. The van der Waals surface area contributed by atoms with Crippen LogP contribution in [0.4, 0.5) is 0 Å². The second kappa shape index (κ2) is 15.3. The van der Waals surface area contributed by atoms with Gasteiger partial charge >= 0.3 is 38.5 Å². The van der Waals surface area contributed by atoms with Crippen LogP contribution in [0.5, 0.6) is 0 Å². The molecular formula is C34H34Cl2SiTi. The predicted octanol–water partition coefficient (Wildman–Crippen LogP) is 10.7.